The maximum Gasteiger partial charge on any atom is 0.263 e. The van der Waals surface area contributed by atoms with Gasteiger partial charge >= 0.3 is 0 Å². The standard InChI is InChI=1S/C17H24N2O3S/c1-6-12-8-9-14(10-13(12)7-2)23(20,21)19-16-11-15(22-18-16)17(3,4)5/h8-11H,6-7H2,1-5H3,(H,18,19). The summed E-state index contributed by atoms with van der Waals surface area (Å²) in [4.78, 5) is 0.242. The van der Waals surface area contributed by atoms with Gasteiger partial charge in [-0.25, -0.2) is 8.42 Å². The minimum atomic E-state index is -3.68. The van der Waals surface area contributed by atoms with Gasteiger partial charge in [0.1, 0.15) is 5.76 Å². The molecule has 0 radical (unpaired) electrons. The summed E-state index contributed by atoms with van der Waals surface area (Å²) in [6.45, 7) is 10.0. The van der Waals surface area contributed by atoms with Crippen molar-refractivity contribution in [3.63, 3.8) is 0 Å². The zero-order valence-electron chi connectivity index (χ0n) is 14.3. The lowest BCUT2D eigenvalue weighted by atomic mass is 9.93. The van der Waals surface area contributed by atoms with Crippen LogP contribution in [0.3, 0.4) is 0 Å². The van der Waals surface area contributed by atoms with Crippen molar-refractivity contribution in [2.24, 2.45) is 0 Å². The van der Waals surface area contributed by atoms with Crippen LogP contribution in [0.2, 0.25) is 0 Å². The van der Waals surface area contributed by atoms with Gasteiger partial charge in [0.2, 0.25) is 0 Å². The zero-order chi connectivity index (χ0) is 17.3. The van der Waals surface area contributed by atoms with Gasteiger partial charge in [0.05, 0.1) is 4.90 Å². The zero-order valence-corrected chi connectivity index (χ0v) is 15.1. The van der Waals surface area contributed by atoms with Crippen molar-refractivity contribution in [2.75, 3.05) is 4.72 Å². The molecule has 1 heterocycles. The maximum absolute atomic E-state index is 12.5. The highest BCUT2D eigenvalue weighted by molar-refractivity contribution is 7.92. The molecule has 1 N–H and O–H groups in total. The van der Waals surface area contributed by atoms with E-state index in [1.165, 1.54) is 5.56 Å². The highest BCUT2D eigenvalue weighted by Gasteiger charge is 2.22. The molecule has 0 saturated heterocycles. The molecule has 2 rings (SSSR count). The van der Waals surface area contributed by atoms with Crippen LogP contribution in [0, 0.1) is 0 Å². The van der Waals surface area contributed by atoms with Crippen LogP contribution in [0.4, 0.5) is 5.82 Å². The van der Waals surface area contributed by atoms with E-state index in [4.69, 9.17) is 4.52 Å². The third-order valence-electron chi connectivity index (χ3n) is 3.74. The van der Waals surface area contributed by atoms with Crippen LogP contribution in [0.15, 0.2) is 33.7 Å². The summed E-state index contributed by atoms with van der Waals surface area (Å²) in [5.74, 6) is 0.832. The topological polar surface area (TPSA) is 72.2 Å². The van der Waals surface area contributed by atoms with Crippen molar-refractivity contribution in [1.29, 1.82) is 0 Å². The molecule has 126 valence electrons. The fourth-order valence-electron chi connectivity index (χ4n) is 2.32. The first-order valence-corrected chi connectivity index (χ1v) is 9.27. The summed E-state index contributed by atoms with van der Waals surface area (Å²) in [7, 11) is -3.68. The molecule has 0 bridgehead atoms. The van der Waals surface area contributed by atoms with Crippen LogP contribution in [-0.2, 0) is 28.3 Å². The Morgan fingerprint density at radius 3 is 2.26 bits per heavy atom. The smallest absolute Gasteiger partial charge is 0.263 e. The summed E-state index contributed by atoms with van der Waals surface area (Å²) in [5, 5.41) is 3.80. The van der Waals surface area contributed by atoms with Gasteiger partial charge in [0.15, 0.2) is 5.82 Å². The molecule has 0 aliphatic heterocycles. The molecule has 0 aliphatic carbocycles. The third kappa shape index (κ3) is 3.93. The molecule has 0 unspecified atom stereocenters. The van der Waals surface area contributed by atoms with Crippen molar-refractivity contribution in [1.82, 2.24) is 5.16 Å². The Kier molecular flexibility index (Phi) is 4.84. The predicted octanol–water partition coefficient (Wildman–Crippen LogP) is 3.90. The second-order valence-electron chi connectivity index (χ2n) is 6.57. The van der Waals surface area contributed by atoms with Gasteiger partial charge in [0.25, 0.3) is 10.0 Å². The van der Waals surface area contributed by atoms with E-state index in [-0.39, 0.29) is 16.1 Å². The predicted molar refractivity (Wildman–Crippen MR) is 91.2 cm³/mol. The van der Waals surface area contributed by atoms with E-state index >= 15 is 0 Å². The third-order valence-corrected chi connectivity index (χ3v) is 5.09. The molecule has 0 amide bonds. The lowest BCUT2D eigenvalue weighted by molar-refractivity contribution is 0.331. The van der Waals surface area contributed by atoms with Crippen LogP contribution >= 0.6 is 0 Å². The average Bonchev–Trinajstić information content (AvgIpc) is 2.94. The number of benzene rings is 1. The molecule has 6 heteroatoms. The second kappa shape index (κ2) is 6.35. The van der Waals surface area contributed by atoms with E-state index in [0.717, 1.165) is 18.4 Å². The lowest BCUT2D eigenvalue weighted by Gasteiger charge is -2.12. The van der Waals surface area contributed by atoms with Crippen LogP contribution < -0.4 is 4.72 Å². The monoisotopic (exact) mass is 336 g/mol. The fraction of sp³-hybridized carbons (Fsp3) is 0.471. The van der Waals surface area contributed by atoms with Crippen LogP contribution in [0.1, 0.15) is 51.5 Å². The van der Waals surface area contributed by atoms with Crippen molar-refractivity contribution < 1.29 is 12.9 Å². The van der Waals surface area contributed by atoms with E-state index in [1.807, 2.05) is 33.8 Å². The number of aromatic nitrogens is 1. The molecule has 2 aromatic rings. The Bertz CT molecular complexity index is 786. The van der Waals surface area contributed by atoms with Gasteiger partial charge in [-0.05, 0) is 36.1 Å². The van der Waals surface area contributed by atoms with E-state index in [1.54, 1.807) is 18.2 Å². The van der Waals surface area contributed by atoms with Gasteiger partial charge in [-0.1, -0.05) is 45.8 Å². The molecule has 0 atom stereocenters. The van der Waals surface area contributed by atoms with Gasteiger partial charge < -0.3 is 4.52 Å². The number of sulfonamides is 1. The molecule has 1 aromatic heterocycles. The van der Waals surface area contributed by atoms with Gasteiger partial charge in [-0.2, -0.15) is 0 Å². The Morgan fingerprint density at radius 2 is 1.74 bits per heavy atom. The molecule has 1 aromatic carbocycles. The minimum Gasteiger partial charge on any atom is -0.359 e. The first-order valence-electron chi connectivity index (χ1n) is 7.79. The number of rotatable bonds is 5. The Balaban J connectivity index is 2.30. The summed E-state index contributed by atoms with van der Waals surface area (Å²) in [5.41, 5.74) is 1.99. The van der Waals surface area contributed by atoms with Gasteiger partial charge in [-0.3, -0.25) is 4.72 Å². The molecule has 0 spiro atoms. The molecular weight excluding hydrogens is 312 g/mol. The highest BCUT2D eigenvalue weighted by Crippen LogP contribution is 2.26. The summed E-state index contributed by atoms with van der Waals surface area (Å²) in [6, 6.07) is 6.85. The molecule has 23 heavy (non-hydrogen) atoms. The number of anilines is 1. The summed E-state index contributed by atoms with van der Waals surface area (Å²) >= 11 is 0. The number of aryl methyl sites for hydroxylation is 2. The molecule has 5 nitrogen and oxygen atoms in total. The minimum absolute atomic E-state index is 0.201. The highest BCUT2D eigenvalue weighted by atomic mass is 32.2. The summed E-state index contributed by atoms with van der Waals surface area (Å²) < 4.78 is 32.8. The molecule has 0 saturated carbocycles. The normalized spacial score (nSPS) is 12.4. The molecule has 0 aliphatic rings. The van der Waals surface area contributed by atoms with Crippen LogP contribution in [-0.4, -0.2) is 13.6 Å². The van der Waals surface area contributed by atoms with Crippen molar-refractivity contribution in [2.45, 2.75) is 57.8 Å². The number of nitrogens with one attached hydrogen (secondary N) is 1. The first-order chi connectivity index (χ1) is 10.7. The Hall–Kier alpha value is -1.82. The van der Waals surface area contributed by atoms with E-state index in [9.17, 15) is 8.42 Å². The average molecular weight is 336 g/mol. The van der Waals surface area contributed by atoms with Gasteiger partial charge in [-0.15, -0.1) is 0 Å². The van der Waals surface area contributed by atoms with E-state index < -0.39 is 10.0 Å². The van der Waals surface area contributed by atoms with Crippen molar-refractivity contribution >= 4 is 15.8 Å². The Morgan fingerprint density at radius 1 is 1.09 bits per heavy atom. The SMILES string of the molecule is CCc1ccc(S(=O)(=O)Nc2cc(C(C)(C)C)on2)cc1CC. The van der Waals surface area contributed by atoms with E-state index in [2.05, 4.69) is 16.8 Å². The largest absolute Gasteiger partial charge is 0.359 e. The number of hydrogen-bond donors (Lipinski definition) is 1. The van der Waals surface area contributed by atoms with Crippen molar-refractivity contribution in [3.05, 3.63) is 41.2 Å². The van der Waals surface area contributed by atoms with Gasteiger partial charge in [0, 0.05) is 11.5 Å². The van der Waals surface area contributed by atoms with Crippen LogP contribution in [0.25, 0.3) is 0 Å². The van der Waals surface area contributed by atoms with E-state index in [0.29, 0.717) is 5.76 Å². The summed E-state index contributed by atoms with van der Waals surface area (Å²) in [6.07, 6.45) is 1.68. The molecule has 0 fully saturated rings. The lowest BCUT2D eigenvalue weighted by Crippen LogP contribution is -2.14. The van der Waals surface area contributed by atoms with Crippen LogP contribution in [0.5, 0.6) is 0 Å². The fourth-order valence-corrected chi connectivity index (χ4v) is 3.35. The second-order valence-corrected chi connectivity index (χ2v) is 8.25. The quantitative estimate of drug-likeness (QED) is 0.899. The number of nitrogens with zero attached hydrogens (tertiary/aromatic N) is 1. The molecular formula is C17H24N2O3S. The van der Waals surface area contributed by atoms with Crippen molar-refractivity contribution in [3.8, 4) is 0 Å². The maximum atomic E-state index is 12.5. The first kappa shape index (κ1) is 17.5. The Labute approximate surface area is 138 Å². The number of hydrogen-bond acceptors (Lipinski definition) is 4.